The second kappa shape index (κ2) is 16.8. The lowest BCUT2D eigenvalue weighted by atomic mass is 9.89. The van der Waals surface area contributed by atoms with E-state index in [9.17, 15) is 0 Å². The molecule has 0 aromatic carbocycles. The van der Waals surface area contributed by atoms with Crippen molar-refractivity contribution in [2.45, 2.75) is 132 Å². The first-order chi connectivity index (χ1) is 12.9. The van der Waals surface area contributed by atoms with Crippen LogP contribution in [0.15, 0.2) is 0 Å². The van der Waals surface area contributed by atoms with E-state index < -0.39 is 0 Å². The minimum atomic E-state index is -0.00241. The molecule has 0 radical (unpaired) electrons. The van der Waals surface area contributed by atoms with E-state index in [0.717, 1.165) is 19.6 Å². The fourth-order valence-corrected chi connectivity index (χ4v) is 3.92. The Morgan fingerprint density at radius 2 is 1.00 bits per heavy atom. The molecule has 0 atom stereocenters. The van der Waals surface area contributed by atoms with Crippen molar-refractivity contribution in [3.63, 3.8) is 0 Å². The van der Waals surface area contributed by atoms with Crippen LogP contribution in [0.1, 0.15) is 126 Å². The van der Waals surface area contributed by atoms with Gasteiger partial charge in [-0.2, -0.15) is 0 Å². The van der Waals surface area contributed by atoms with Crippen LogP contribution in [0.3, 0.4) is 0 Å². The Kier molecular flexibility index (Phi) is 16.8. The van der Waals surface area contributed by atoms with Crippen molar-refractivity contribution >= 4 is 0 Å². The Labute approximate surface area is 172 Å². The summed E-state index contributed by atoms with van der Waals surface area (Å²) >= 11 is 0. The average molecular weight is 385 g/mol. The van der Waals surface area contributed by atoms with Crippen LogP contribution in [-0.4, -0.2) is 19.5 Å². The number of unbranched alkanes of at least 4 members (excludes halogenated alkanes) is 1. The minimum absolute atomic E-state index is 0.00241. The lowest BCUT2D eigenvalue weighted by Gasteiger charge is -2.25. The molecule has 0 fully saturated rings. The second-order valence-electron chi connectivity index (χ2n) is 9.79. The van der Waals surface area contributed by atoms with Gasteiger partial charge in [0.05, 0.1) is 13.2 Å². The fraction of sp³-hybridized carbons (Fsp3) is 1.00. The molecule has 164 valence electrons. The number of hydrogen-bond acceptors (Lipinski definition) is 2. The van der Waals surface area contributed by atoms with Gasteiger partial charge in [0, 0.05) is 0 Å². The van der Waals surface area contributed by atoms with Crippen molar-refractivity contribution in [3.05, 3.63) is 0 Å². The van der Waals surface area contributed by atoms with Crippen LogP contribution in [-0.2, 0) is 9.47 Å². The molecule has 0 heterocycles. The maximum atomic E-state index is 6.33. The maximum absolute atomic E-state index is 6.33. The molecular formula is C25H52O2. The molecule has 0 saturated carbocycles. The Bertz CT molecular complexity index is 276. The molecule has 0 unspecified atom stereocenters. The van der Waals surface area contributed by atoms with Gasteiger partial charge in [-0.05, 0) is 62.2 Å². The van der Waals surface area contributed by atoms with E-state index >= 15 is 0 Å². The van der Waals surface area contributed by atoms with E-state index in [4.69, 9.17) is 9.47 Å². The van der Waals surface area contributed by atoms with Crippen molar-refractivity contribution in [2.24, 2.45) is 17.3 Å². The highest BCUT2D eigenvalue weighted by atomic mass is 16.7. The summed E-state index contributed by atoms with van der Waals surface area (Å²) in [4.78, 5) is 0. The molecule has 0 aliphatic heterocycles. The Morgan fingerprint density at radius 3 is 1.33 bits per heavy atom. The zero-order valence-corrected chi connectivity index (χ0v) is 19.9. The van der Waals surface area contributed by atoms with E-state index in [1.165, 1.54) is 70.6 Å². The van der Waals surface area contributed by atoms with E-state index in [1.807, 2.05) is 0 Å². The van der Waals surface area contributed by atoms with E-state index in [-0.39, 0.29) is 6.29 Å². The van der Waals surface area contributed by atoms with Crippen LogP contribution in [0.2, 0.25) is 0 Å². The predicted molar refractivity (Wildman–Crippen MR) is 120 cm³/mol. The summed E-state index contributed by atoms with van der Waals surface area (Å²) in [5, 5.41) is 0. The SMILES string of the molecule is CCCC(CCC)COC(CCCCC(C)(C)C)OCC(CCC)CCC. The first-order valence-electron chi connectivity index (χ1n) is 12.1. The normalized spacial score (nSPS) is 12.7. The maximum Gasteiger partial charge on any atom is 0.157 e. The molecule has 0 saturated heterocycles. The Balaban J connectivity index is 4.52. The third kappa shape index (κ3) is 16.6. The fourth-order valence-electron chi connectivity index (χ4n) is 3.92. The second-order valence-corrected chi connectivity index (χ2v) is 9.79. The molecule has 0 aromatic rings. The summed E-state index contributed by atoms with van der Waals surface area (Å²) in [6, 6.07) is 0. The monoisotopic (exact) mass is 384 g/mol. The van der Waals surface area contributed by atoms with Crippen molar-refractivity contribution < 1.29 is 9.47 Å². The molecule has 27 heavy (non-hydrogen) atoms. The Hall–Kier alpha value is -0.0800. The molecule has 0 spiro atoms. The molecule has 0 aromatic heterocycles. The summed E-state index contributed by atoms with van der Waals surface area (Å²) in [5.74, 6) is 1.39. The van der Waals surface area contributed by atoms with Gasteiger partial charge in [-0.3, -0.25) is 0 Å². The standard InChI is InChI=1S/C25H52O2/c1-8-14-22(15-9-2)20-26-24(18-12-13-19-25(5,6)7)27-21-23(16-10-3)17-11-4/h22-24H,8-21H2,1-7H3. The third-order valence-corrected chi connectivity index (χ3v) is 5.44. The Morgan fingerprint density at radius 1 is 0.593 bits per heavy atom. The first-order valence-corrected chi connectivity index (χ1v) is 12.1. The topological polar surface area (TPSA) is 18.5 Å². The summed E-state index contributed by atoms with van der Waals surface area (Å²) in [5.41, 5.74) is 0.428. The predicted octanol–water partition coefficient (Wildman–Crippen LogP) is 8.39. The molecule has 0 amide bonds. The van der Waals surface area contributed by atoms with Crippen LogP contribution in [0, 0.1) is 17.3 Å². The van der Waals surface area contributed by atoms with Gasteiger partial charge in [0.2, 0.25) is 0 Å². The summed E-state index contributed by atoms with van der Waals surface area (Å²) in [7, 11) is 0. The van der Waals surface area contributed by atoms with Gasteiger partial charge in [0.15, 0.2) is 6.29 Å². The zero-order chi connectivity index (χ0) is 20.5. The molecular weight excluding hydrogens is 332 g/mol. The highest BCUT2D eigenvalue weighted by molar-refractivity contribution is 4.63. The number of rotatable bonds is 18. The lowest BCUT2D eigenvalue weighted by Crippen LogP contribution is -2.24. The van der Waals surface area contributed by atoms with Gasteiger partial charge in [-0.15, -0.1) is 0 Å². The molecule has 2 nitrogen and oxygen atoms in total. The number of hydrogen-bond donors (Lipinski definition) is 0. The van der Waals surface area contributed by atoms with Crippen LogP contribution in [0.25, 0.3) is 0 Å². The van der Waals surface area contributed by atoms with Crippen LogP contribution in [0.4, 0.5) is 0 Å². The molecule has 2 heteroatoms. The van der Waals surface area contributed by atoms with Crippen LogP contribution >= 0.6 is 0 Å². The molecule has 0 aliphatic rings. The smallest absolute Gasteiger partial charge is 0.157 e. The first kappa shape index (κ1) is 26.9. The lowest BCUT2D eigenvalue weighted by molar-refractivity contribution is -0.162. The average Bonchev–Trinajstić information content (AvgIpc) is 2.59. The van der Waals surface area contributed by atoms with Crippen molar-refractivity contribution in [1.82, 2.24) is 0 Å². The van der Waals surface area contributed by atoms with Gasteiger partial charge in [0.1, 0.15) is 0 Å². The van der Waals surface area contributed by atoms with Gasteiger partial charge in [-0.1, -0.05) is 80.6 Å². The zero-order valence-electron chi connectivity index (χ0n) is 19.9. The highest BCUT2D eigenvalue weighted by Gasteiger charge is 2.17. The van der Waals surface area contributed by atoms with Gasteiger partial charge in [-0.25, -0.2) is 0 Å². The summed E-state index contributed by atoms with van der Waals surface area (Å²) in [6.45, 7) is 17.9. The molecule has 0 aliphatic carbocycles. The van der Waals surface area contributed by atoms with Gasteiger partial charge in [0.25, 0.3) is 0 Å². The van der Waals surface area contributed by atoms with Crippen LogP contribution < -0.4 is 0 Å². The van der Waals surface area contributed by atoms with E-state index in [0.29, 0.717) is 17.3 Å². The van der Waals surface area contributed by atoms with Crippen LogP contribution in [0.5, 0.6) is 0 Å². The van der Waals surface area contributed by atoms with Crippen molar-refractivity contribution in [3.8, 4) is 0 Å². The van der Waals surface area contributed by atoms with E-state index in [1.54, 1.807) is 0 Å². The quantitative estimate of drug-likeness (QED) is 0.174. The molecule has 0 bridgehead atoms. The molecule has 0 rings (SSSR count). The summed E-state index contributed by atoms with van der Waals surface area (Å²) < 4.78 is 12.7. The largest absolute Gasteiger partial charge is 0.352 e. The molecule has 0 N–H and O–H groups in total. The van der Waals surface area contributed by atoms with Crippen molar-refractivity contribution in [1.29, 1.82) is 0 Å². The third-order valence-electron chi connectivity index (χ3n) is 5.44. The van der Waals surface area contributed by atoms with Crippen molar-refractivity contribution in [2.75, 3.05) is 13.2 Å². The highest BCUT2D eigenvalue weighted by Crippen LogP contribution is 2.24. The van der Waals surface area contributed by atoms with Gasteiger partial charge < -0.3 is 9.47 Å². The van der Waals surface area contributed by atoms with Gasteiger partial charge >= 0.3 is 0 Å². The minimum Gasteiger partial charge on any atom is -0.352 e. The number of ether oxygens (including phenoxy) is 2. The van der Waals surface area contributed by atoms with E-state index in [2.05, 4.69) is 48.5 Å². The summed E-state index contributed by atoms with van der Waals surface area (Å²) in [6.07, 6.45) is 14.9.